The van der Waals surface area contributed by atoms with E-state index in [0.29, 0.717) is 0 Å². The van der Waals surface area contributed by atoms with Crippen LogP contribution in [-0.2, 0) is 0 Å². The lowest BCUT2D eigenvalue weighted by molar-refractivity contribution is 0.479. The van der Waals surface area contributed by atoms with E-state index >= 15 is 0 Å². The average Bonchev–Trinajstić information content (AvgIpc) is 3.91. The number of fused-ring (bicyclic) bond motifs is 8. The third-order valence-electron chi connectivity index (χ3n) is 12.6. The number of hydrogen-bond acceptors (Lipinski definition) is 5. The predicted molar refractivity (Wildman–Crippen MR) is 270 cm³/mol. The van der Waals surface area contributed by atoms with Crippen LogP contribution in [-0.4, -0.2) is 5.11 Å². The van der Waals surface area contributed by atoms with Gasteiger partial charge in [-0.05, 0) is 89.5 Å². The average molecular weight is 839 g/mol. The van der Waals surface area contributed by atoms with Crippen molar-refractivity contribution in [2.45, 2.75) is 13.8 Å². The number of rotatable bonds is 8. The van der Waals surface area contributed by atoms with Crippen molar-refractivity contribution < 1.29 is 13.9 Å². The van der Waals surface area contributed by atoms with Crippen molar-refractivity contribution in [2.75, 3.05) is 10.2 Å². The summed E-state index contributed by atoms with van der Waals surface area (Å²) in [5.41, 5.74) is 16.0. The summed E-state index contributed by atoms with van der Waals surface area (Å²) in [5.74, 6) is 0.256. The first-order chi connectivity index (χ1) is 31.9. The number of phenols is 1. The second-order valence-electron chi connectivity index (χ2n) is 16.9. The second kappa shape index (κ2) is 15.4. The maximum atomic E-state index is 11.5. The molecule has 65 heavy (non-hydrogen) atoms. The van der Waals surface area contributed by atoms with Gasteiger partial charge in [0.05, 0.1) is 17.1 Å². The van der Waals surface area contributed by atoms with Gasteiger partial charge in [-0.1, -0.05) is 152 Å². The van der Waals surface area contributed by atoms with Gasteiger partial charge in [0.1, 0.15) is 22.5 Å². The maximum absolute atomic E-state index is 11.5. The van der Waals surface area contributed by atoms with Crippen LogP contribution in [0.25, 0.3) is 88.0 Å². The lowest BCUT2D eigenvalue weighted by Crippen LogP contribution is -2.10. The number of para-hydroxylation sites is 3. The van der Waals surface area contributed by atoms with Crippen molar-refractivity contribution in [3.63, 3.8) is 0 Å². The summed E-state index contributed by atoms with van der Waals surface area (Å²) in [6, 6.07) is 71.2. The lowest BCUT2D eigenvalue weighted by Gasteiger charge is -2.26. The Morgan fingerprint density at radius 3 is 1.78 bits per heavy atom. The highest BCUT2D eigenvalue weighted by atomic mass is 16.3. The molecule has 0 atom stereocenters. The van der Waals surface area contributed by atoms with Crippen LogP contribution in [0.4, 0.5) is 28.4 Å². The monoisotopic (exact) mass is 838 g/mol. The topological polar surface area (TPSA) is 61.8 Å². The molecule has 10 aromatic carbocycles. The molecule has 0 aliphatic carbocycles. The number of aryl methyl sites for hydroxylation is 2. The number of aromatic hydroxyl groups is 1. The van der Waals surface area contributed by atoms with Crippen LogP contribution in [0.2, 0.25) is 0 Å². The zero-order chi connectivity index (χ0) is 43.6. The Kier molecular flexibility index (Phi) is 9.02. The molecule has 5 nitrogen and oxygen atoms in total. The highest BCUT2D eigenvalue weighted by Gasteiger charge is 2.23. The van der Waals surface area contributed by atoms with Gasteiger partial charge in [-0.3, -0.25) is 0 Å². The largest absolute Gasteiger partial charge is 0.507 e. The molecule has 2 heterocycles. The fraction of sp³-hybridized carbons (Fsp3) is 0.0333. The van der Waals surface area contributed by atoms with Crippen LogP contribution in [0.15, 0.2) is 215 Å². The molecule has 5 heteroatoms. The Morgan fingerprint density at radius 2 is 1.02 bits per heavy atom. The van der Waals surface area contributed by atoms with Crippen LogP contribution < -0.4 is 10.2 Å². The Hall–Kier alpha value is -8.54. The van der Waals surface area contributed by atoms with Gasteiger partial charge < -0.3 is 24.2 Å². The van der Waals surface area contributed by atoms with Crippen LogP contribution in [0.5, 0.6) is 5.75 Å². The highest BCUT2D eigenvalue weighted by Crippen LogP contribution is 2.47. The maximum Gasteiger partial charge on any atom is 0.159 e. The molecule has 0 unspecified atom stereocenters. The summed E-state index contributed by atoms with van der Waals surface area (Å²) in [6.45, 7) is 4.29. The zero-order valence-corrected chi connectivity index (χ0v) is 35.8. The molecule has 12 aromatic rings. The second-order valence-corrected chi connectivity index (χ2v) is 16.9. The summed E-state index contributed by atoms with van der Waals surface area (Å²) in [4.78, 5) is 2.30. The molecule has 0 fully saturated rings. The molecular formula is C60H42N2O3. The summed E-state index contributed by atoms with van der Waals surface area (Å²) in [6.07, 6.45) is 0. The van der Waals surface area contributed by atoms with Gasteiger partial charge in [-0.2, -0.15) is 0 Å². The van der Waals surface area contributed by atoms with E-state index < -0.39 is 0 Å². The molecule has 2 aromatic heterocycles. The third kappa shape index (κ3) is 6.56. The van der Waals surface area contributed by atoms with Gasteiger partial charge in [0.15, 0.2) is 5.58 Å². The van der Waals surface area contributed by atoms with E-state index in [0.717, 1.165) is 116 Å². The molecule has 0 radical (unpaired) electrons. The molecule has 0 saturated heterocycles. The van der Waals surface area contributed by atoms with Crippen LogP contribution in [0.3, 0.4) is 0 Å². The van der Waals surface area contributed by atoms with E-state index in [9.17, 15) is 5.11 Å². The Morgan fingerprint density at radius 1 is 0.415 bits per heavy atom. The number of phenolic OH excluding ortho intramolecular Hbond substituents is 1. The van der Waals surface area contributed by atoms with Crippen molar-refractivity contribution in [1.29, 1.82) is 0 Å². The normalized spacial score (nSPS) is 11.6. The Bertz CT molecular complexity index is 3770. The SMILES string of the molecule is Cc1cc(C)cc(N(c2ccc3c(c2)oc2cc(Nc4cccc(-c5cccc(-c6ccccc6)c5O)c4)c4ccccc4c23)c2cccc3c2oc2c(-c4ccccc4)cccc23)c1. The third-order valence-corrected chi connectivity index (χ3v) is 12.6. The molecule has 0 aliphatic heterocycles. The molecule has 0 spiro atoms. The summed E-state index contributed by atoms with van der Waals surface area (Å²) in [5, 5.41) is 21.6. The van der Waals surface area contributed by atoms with Gasteiger partial charge in [0, 0.05) is 67.1 Å². The fourth-order valence-electron chi connectivity index (χ4n) is 9.75. The zero-order valence-electron chi connectivity index (χ0n) is 35.8. The number of hydrogen-bond donors (Lipinski definition) is 2. The predicted octanol–water partition coefficient (Wildman–Crippen LogP) is 17.2. The minimum Gasteiger partial charge on any atom is -0.507 e. The first kappa shape index (κ1) is 38.2. The molecule has 0 bridgehead atoms. The molecule has 0 saturated carbocycles. The molecule has 310 valence electrons. The number of benzene rings is 10. The molecular weight excluding hydrogens is 797 g/mol. The summed E-state index contributed by atoms with van der Waals surface area (Å²) < 4.78 is 13.9. The number of nitrogens with one attached hydrogen (secondary N) is 1. The number of furan rings is 2. The highest BCUT2D eigenvalue weighted by molar-refractivity contribution is 6.22. The first-order valence-electron chi connectivity index (χ1n) is 22.0. The van der Waals surface area contributed by atoms with Gasteiger partial charge >= 0.3 is 0 Å². The van der Waals surface area contributed by atoms with Crippen molar-refractivity contribution >= 4 is 83.1 Å². The van der Waals surface area contributed by atoms with Gasteiger partial charge in [0.2, 0.25) is 0 Å². The van der Waals surface area contributed by atoms with E-state index in [1.165, 1.54) is 11.1 Å². The van der Waals surface area contributed by atoms with Gasteiger partial charge in [-0.25, -0.2) is 0 Å². The van der Waals surface area contributed by atoms with Crippen LogP contribution in [0, 0.1) is 13.8 Å². The van der Waals surface area contributed by atoms with Crippen molar-refractivity contribution in [3.05, 3.63) is 217 Å². The number of anilines is 5. The van der Waals surface area contributed by atoms with E-state index in [-0.39, 0.29) is 5.75 Å². The minimum atomic E-state index is 0.256. The Balaban J connectivity index is 0.981. The van der Waals surface area contributed by atoms with E-state index in [1.54, 1.807) is 0 Å². The molecule has 0 amide bonds. The van der Waals surface area contributed by atoms with E-state index in [4.69, 9.17) is 8.83 Å². The summed E-state index contributed by atoms with van der Waals surface area (Å²) in [7, 11) is 0. The number of nitrogens with zero attached hydrogens (tertiary/aromatic N) is 1. The van der Waals surface area contributed by atoms with Gasteiger partial charge in [0.25, 0.3) is 0 Å². The standard InChI is InChI=1S/C60H42N2O3/c1-37-31-38(2)33-44(32-37)62(54-28-14-27-51-50-26-13-25-47(59(50)65-60(51)54)40-17-7-4-8-18-40)43-29-30-52-55(35-43)64-56-36-53(48-21-9-10-22-49(48)57(52)56)61-42-20-11-19-41(34-42)46-24-12-23-45(58(46)63)39-15-5-3-6-16-39/h3-36,61,63H,1-2H3. The lowest BCUT2D eigenvalue weighted by atomic mass is 9.97. The van der Waals surface area contributed by atoms with E-state index in [2.05, 4.69) is 164 Å². The summed E-state index contributed by atoms with van der Waals surface area (Å²) >= 11 is 0. The fourth-order valence-corrected chi connectivity index (χ4v) is 9.75. The quantitative estimate of drug-likeness (QED) is 0.160. The van der Waals surface area contributed by atoms with Crippen molar-refractivity contribution in [1.82, 2.24) is 0 Å². The molecule has 0 aliphatic rings. The molecule has 2 N–H and O–H groups in total. The smallest absolute Gasteiger partial charge is 0.159 e. The van der Waals surface area contributed by atoms with Crippen LogP contribution in [0.1, 0.15) is 11.1 Å². The minimum absolute atomic E-state index is 0.256. The van der Waals surface area contributed by atoms with E-state index in [1.807, 2.05) is 66.7 Å². The van der Waals surface area contributed by atoms with Crippen LogP contribution >= 0.6 is 0 Å². The van der Waals surface area contributed by atoms with Crippen molar-refractivity contribution in [2.24, 2.45) is 0 Å². The van der Waals surface area contributed by atoms with Gasteiger partial charge in [-0.15, -0.1) is 0 Å². The Labute approximate surface area is 376 Å². The molecule has 12 rings (SSSR count). The first-order valence-corrected chi connectivity index (χ1v) is 22.0. The van der Waals surface area contributed by atoms with Crippen molar-refractivity contribution in [3.8, 4) is 39.1 Å².